The maximum absolute atomic E-state index is 9.25. The second-order valence-corrected chi connectivity index (χ2v) is 10.7. The van der Waals surface area contributed by atoms with Crippen LogP contribution in [-0.4, -0.2) is 23.2 Å². The van der Waals surface area contributed by atoms with Gasteiger partial charge in [-0.1, -0.05) is 13.8 Å². The molecule has 2 aliphatic carbocycles. The summed E-state index contributed by atoms with van der Waals surface area (Å²) in [6.07, 6.45) is 9.83. The molecule has 2 aliphatic rings. The van der Waals surface area contributed by atoms with Gasteiger partial charge >= 0.3 is 0 Å². The van der Waals surface area contributed by atoms with Crippen molar-refractivity contribution in [1.29, 1.82) is 10.5 Å². The van der Waals surface area contributed by atoms with E-state index in [1.165, 1.54) is 51.4 Å². The zero-order chi connectivity index (χ0) is 20.3. The van der Waals surface area contributed by atoms with Gasteiger partial charge in [0.05, 0.1) is 12.1 Å². The van der Waals surface area contributed by atoms with Crippen molar-refractivity contribution in [2.24, 2.45) is 17.3 Å². The lowest BCUT2D eigenvalue weighted by Crippen LogP contribution is -2.49. The van der Waals surface area contributed by atoms with E-state index in [0.717, 1.165) is 11.8 Å². The Balaban J connectivity index is 1.84. The van der Waals surface area contributed by atoms with Crippen LogP contribution in [0.25, 0.3) is 0 Å². The van der Waals surface area contributed by atoms with Gasteiger partial charge in [-0.3, -0.25) is 10.6 Å². The first-order valence-corrected chi connectivity index (χ1v) is 10.9. The maximum atomic E-state index is 9.25. The number of rotatable bonds is 6. The predicted molar refractivity (Wildman–Crippen MR) is 111 cm³/mol. The predicted octanol–water partition coefficient (Wildman–Crippen LogP) is 4.91. The summed E-state index contributed by atoms with van der Waals surface area (Å²) in [7, 11) is 0. The van der Waals surface area contributed by atoms with E-state index >= 15 is 0 Å². The monoisotopic (exact) mass is 372 g/mol. The average Bonchev–Trinajstić information content (AvgIpc) is 2.62. The number of hydrogen-bond acceptors (Lipinski definition) is 4. The maximum Gasteiger partial charge on any atom is 0.101 e. The summed E-state index contributed by atoms with van der Waals surface area (Å²) in [5, 5.41) is 25.6. The van der Waals surface area contributed by atoms with Crippen LogP contribution in [0.15, 0.2) is 0 Å². The zero-order valence-electron chi connectivity index (χ0n) is 18.4. The Labute approximate surface area is 167 Å². The third-order valence-electron chi connectivity index (χ3n) is 7.25. The molecule has 2 saturated carbocycles. The van der Waals surface area contributed by atoms with Gasteiger partial charge in [0, 0.05) is 12.1 Å². The van der Waals surface area contributed by atoms with Crippen LogP contribution >= 0.6 is 0 Å². The SMILES string of the molecule is CC(C)(C#N)NC1CCC(C(C)(C)C2CCC(NC(C)(C)C#N)CC2)CC1. The normalized spacial score (nSPS) is 30.4. The summed E-state index contributed by atoms with van der Waals surface area (Å²) in [5.74, 6) is 1.57. The summed E-state index contributed by atoms with van der Waals surface area (Å²) in [4.78, 5) is 0. The molecule has 2 rings (SSSR count). The minimum Gasteiger partial charge on any atom is -0.297 e. The standard InChI is InChI=1S/C23H40N4/c1-21(2,15-24)26-19-11-7-17(8-12-19)23(5,6)18-9-13-20(14-10-18)27-22(3,4)16-25/h17-20,26-27H,7-14H2,1-6H3. The quantitative estimate of drug-likeness (QED) is 0.694. The highest BCUT2D eigenvalue weighted by Gasteiger charge is 2.41. The molecule has 0 aromatic heterocycles. The molecule has 0 bridgehead atoms. The molecule has 2 fully saturated rings. The van der Waals surface area contributed by atoms with Gasteiger partial charge in [-0.25, -0.2) is 0 Å². The molecule has 0 aromatic rings. The highest BCUT2D eigenvalue weighted by molar-refractivity contribution is 5.04. The first kappa shape index (κ1) is 22.2. The van der Waals surface area contributed by atoms with E-state index in [0.29, 0.717) is 17.5 Å². The number of nitriles is 2. The fourth-order valence-electron chi connectivity index (χ4n) is 5.38. The molecule has 4 heteroatoms. The Morgan fingerprint density at radius 1 is 0.593 bits per heavy atom. The Morgan fingerprint density at radius 3 is 1.15 bits per heavy atom. The van der Waals surface area contributed by atoms with Gasteiger partial charge in [0.1, 0.15) is 11.1 Å². The first-order valence-electron chi connectivity index (χ1n) is 10.9. The van der Waals surface area contributed by atoms with Gasteiger partial charge in [0.2, 0.25) is 0 Å². The highest BCUT2D eigenvalue weighted by atomic mass is 15.0. The van der Waals surface area contributed by atoms with Crippen molar-refractivity contribution in [3.8, 4) is 12.1 Å². The molecule has 0 heterocycles. The van der Waals surface area contributed by atoms with Gasteiger partial charge in [-0.2, -0.15) is 10.5 Å². The summed E-state index contributed by atoms with van der Waals surface area (Å²) in [6.45, 7) is 12.9. The second kappa shape index (κ2) is 8.50. The van der Waals surface area contributed by atoms with Crippen LogP contribution in [0.2, 0.25) is 0 Å². The smallest absolute Gasteiger partial charge is 0.101 e. The van der Waals surface area contributed by atoms with E-state index in [-0.39, 0.29) is 0 Å². The molecule has 0 radical (unpaired) electrons. The van der Waals surface area contributed by atoms with Crippen molar-refractivity contribution in [2.45, 2.75) is 116 Å². The Bertz CT molecular complexity index is 512. The molecular formula is C23H40N4. The largest absolute Gasteiger partial charge is 0.297 e. The van der Waals surface area contributed by atoms with E-state index < -0.39 is 11.1 Å². The van der Waals surface area contributed by atoms with Crippen molar-refractivity contribution < 1.29 is 0 Å². The molecule has 0 aliphatic heterocycles. The summed E-state index contributed by atoms with van der Waals surface area (Å²) in [6, 6.07) is 5.71. The summed E-state index contributed by atoms with van der Waals surface area (Å²) < 4.78 is 0. The van der Waals surface area contributed by atoms with Crippen molar-refractivity contribution in [3.05, 3.63) is 0 Å². The molecular weight excluding hydrogens is 332 g/mol. The van der Waals surface area contributed by atoms with Gasteiger partial charge in [-0.15, -0.1) is 0 Å². The molecule has 152 valence electrons. The Morgan fingerprint density at radius 2 is 0.889 bits per heavy atom. The van der Waals surface area contributed by atoms with Crippen molar-refractivity contribution in [3.63, 3.8) is 0 Å². The van der Waals surface area contributed by atoms with Crippen LogP contribution in [0.4, 0.5) is 0 Å². The minimum atomic E-state index is -0.421. The van der Waals surface area contributed by atoms with Crippen LogP contribution in [0.1, 0.15) is 92.9 Å². The number of nitrogens with zero attached hydrogens (tertiary/aromatic N) is 2. The zero-order valence-corrected chi connectivity index (χ0v) is 18.4. The lowest BCUT2D eigenvalue weighted by atomic mass is 9.60. The second-order valence-electron chi connectivity index (χ2n) is 10.7. The highest BCUT2D eigenvalue weighted by Crippen LogP contribution is 2.48. The fraction of sp³-hybridized carbons (Fsp3) is 0.913. The van der Waals surface area contributed by atoms with Crippen LogP contribution in [-0.2, 0) is 0 Å². The minimum absolute atomic E-state index is 0.380. The van der Waals surface area contributed by atoms with Crippen molar-refractivity contribution in [1.82, 2.24) is 10.6 Å². The molecule has 4 nitrogen and oxygen atoms in total. The summed E-state index contributed by atoms with van der Waals surface area (Å²) >= 11 is 0. The van der Waals surface area contributed by atoms with Gasteiger partial charge in [0.25, 0.3) is 0 Å². The molecule has 0 spiro atoms. The lowest BCUT2D eigenvalue weighted by molar-refractivity contribution is 0.0441. The Kier molecular flexibility index (Phi) is 6.99. The first-order chi connectivity index (χ1) is 12.5. The van der Waals surface area contributed by atoms with Crippen LogP contribution in [0, 0.1) is 39.9 Å². The van der Waals surface area contributed by atoms with E-state index in [2.05, 4.69) is 36.6 Å². The Hall–Kier alpha value is -1.10. The lowest BCUT2D eigenvalue weighted by Gasteiger charge is -2.47. The van der Waals surface area contributed by atoms with Gasteiger partial charge < -0.3 is 0 Å². The number of nitrogens with one attached hydrogen (secondary N) is 2. The van der Waals surface area contributed by atoms with E-state index in [1.807, 2.05) is 27.7 Å². The molecule has 0 atom stereocenters. The number of hydrogen-bond donors (Lipinski definition) is 2. The molecule has 0 unspecified atom stereocenters. The molecule has 0 amide bonds. The van der Waals surface area contributed by atoms with E-state index in [4.69, 9.17) is 0 Å². The van der Waals surface area contributed by atoms with Crippen LogP contribution < -0.4 is 10.6 Å². The fourth-order valence-corrected chi connectivity index (χ4v) is 5.38. The van der Waals surface area contributed by atoms with Gasteiger partial charge in [0.15, 0.2) is 0 Å². The third-order valence-corrected chi connectivity index (χ3v) is 7.25. The molecule has 0 saturated heterocycles. The topological polar surface area (TPSA) is 71.6 Å². The van der Waals surface area contributed by atoms with Crippen molar-refractivity contribution in [2.75, 3.05) is 0 Å². The molecule has 27 heavy (non-hydrogen) atoms. The summed E-state index contributed by atoms with van der Waals surface area (Å²) in [5.41, 5.74) is -0.462. The van der Waals surface area contributed by atoms with Crippen LogP contribution in [0.5, 0.6) is 0 Å². The van der Waals surface area contributed by atoms with Crippen LogP contribution in [0.3, 0.4) is 0 Å². The van der Waals surface area contributed by atoms with Crippen molar-refractivity contribution >= 4 is 0 Å². The molecule has 2 N–H and O–H groups in total. The third kappa shape index (κ3) is 5.94. The van der Waals surface area contributed by atoms with Gasteiger partial charge in [-0.05, 0) is 96.3 Å². The average molecular weight is 373 g/mol. The van der Waals surface area contributed by atoms with E-state index in [1.54, 1.807) is 0 Å². The molecule has 0 aromatic carbocycles. The van der Waals surface area contributed by atoms with E-state index in [9.17, 15) is 10.5 Å².